The third-order valence-corrected chi connectivity index (χ3v) is 4.54. The number of hydrogen-bond donors (Lipinski definition) is 3. The van der Waals surface area contributed by atoms with Gasteiger partial charge in [-0.2, -0.15) is 0 Å². The second kappa shape index (κ2) is 5.09. The van der Waals surface area contributed by atoms with Crippen molar-refractivity contribution in [3.63, 3.8) is 0 Å². The predicted octanol–water partition coefficient (Wildman–Crippen LogP) is -0.331. The van der Waals surface area contributed by atoms with Crippen molar-refractivity contribution in [2.45, 2.75) is 38.8 Å². The fourth-order valence-electron chi connectivity index (χ4n) is 3.19. The van der Waals surface area contributed by atoms with Crippen molar-refractivity contribution in [3.05, 3.63) is 0 Å². The zero-order valence-corrected chi connectivity index (χ0v) is 11.4. The lowest BCUT2D eigenvalue weighted by atomic mass is 9.75. The molecule has 2 heterocycles. The molecule has 19 heavy (non-hydrogen) atoms. The van der Waals surface area contributed by atoms with Crippen LogP contribution in [0.4, 0.5) is 0 Å². The number of β-amino-alcohol motifs (C(OH)–C–C–N with tert-alkyl or cyclic N) is 1. The van der Waals surface area contributed by atoms with Crippen LogP contribution in [0.1, 0.15) is 26.7 Å². The van der Waals surface area contributed by atoms with E-state index in [1.54, 1.807) is 0 Å². The van der Waals surface area contributed by atoms with Crippen LogP contribution in [-0.4, -0.2) is 58.8 Å². The minimum Gasteiger partial charge on any atom is -0.480 e. The van der Waals surface area contributed by atoms with Gasteiger partial charge in [0.15, 0.2) is 0 Å². The summed E-state index contributed by atoms with van der Waals surface area (Å²) in [5.74, 6) is -1.02. The van der Waals surface area contributed by atoms with Gasteiger partial charge < -0.3 is 20.4 Å². The molecule has 2 aliphatic heterocycles. The van der Waals surface area contributed by atoms with Crippen LogP contribution < -0.4 is 5.32 Å². The third-order valence-electron chi connectivity index (χ3n) is 4.54. The van der Waals surface area contributed by atoms with E-state index in [-0.39, 0.29) is 24.8 Å². The van der Waals surface area contributed by atoms with Crippen LogP contribution in [0, 0.1) is 11.3 Å². The number of aliphatic hydroxyl groups excluding tert-OH is 1. The summed E-state index contributed by atoms with van der Waals surface area (Å²) in [6, 6.07) is -0.890. The smallest absolute Gasteiger partial charge is 0.326 e. The Morgan fingerprint density at radius 3 is 2.58 bits per heavy atom. The predicted molar refractivity (Wildman–Crippen MR) is 68.5 cm³/mol. The van der Waals surface area contributed by atoms with E-state index in [2.05, 4.69) is 5.32 Å². The zero-order valence-electron chi connectivity index (χ0n) is 11.4. The van der Waals surface area contributed by atoms with Gasteiger partial charge in [0.2, 0.25) is 5.91 Å². The SMILES string of the molecule is CC(C)C1(C(=O)N2CC(O)C[C@H]2C(=O)O)CCNC1. The van der Waals surface area contributed by atoms with Gasteiger partial charge in [-0.15, -0.1) is 0 Å². The van der Waals surface area contributed by atoms with E-state index in [1.165, 1.54) is 4.90 Å². The maximum Gasteiger partial charge on any atom is 0.326 e. The molecule has 0 aliphatic carbocycles. The standard InChI is InChI=1S/C13H22N2O4/c1-8(2)13(3-4-14-7-13)12(19)15-6-9(16)5-10(15)11(17)18/h8-10,14,16H,3-7H2,1-2H3,(H,17,18)/t9?,10-,13?/m0/s1. The molecule has 6 heteroatoms. The number of carboxylic acids is 1. The molecule has 0 aromatic rings. The van der Waals surface area contributed by atoms with E-state index < -0.39 is 23.5 Å². The van der Waals surface area contributed by atoms with Gasteiger partial charge in [-0.3, -0.25) is 4.79 Å². The summed E-state index contributed by atoms with van der Waals surface area (Å²) >= 11 is 0. The first-order valence-corrected chi connectivity index (χ1v) is 6.81. The van der Waals surface area contributed by atoms with Gasteiger partial charge in [-0.1, -0.05) is 13.8 Å². The van der Waals surface area contributed by atoms with Crippen molar-refractivity contribution in [2.24, 2.45) is 11.3 Å². The van der Waals surface area contributed by atoms with Gasteiger partial charge in [-0.05, 0) is 18.9 Å². The lowest BCUT2D eigenvalue weighted by Crippen LogP contribution is -2.51. The highest BCUT2D eigenvalue weighted by molar-refractivity contribution is 5.89. The number of nitrogens with one attached hydrogen (secondary N) is 1. The molecule has 3 N–H and O–H groups in total. The summed E-state index contributed by atoms with van der Waals surface area (Å²) in [5.41, 5.74) is -0.530. The van der Waals surface area contributed by atoms with Crippen LogP contribution in [0.15, 0.2) is 0 Å². The molecule has 108 valence electrons. The number of amides is 1. The largest absolute Gasteiger partial charge is 0.480 e. The molecule has 0 aromatic heterocycles. The van der Waals surface area contributed by atoms with E-state index in [0.29, 0.717) is 6.54 Å². The number of nitrogens with zero attached hydrogens (tertiary/aromatic N) is 1. The van der Waals surface area contributed by atoms with Crippen molar-refractivity contribution in [2.75, 3.05) is 19.6 Å². The maximum atomic E-state index is 12.8. The highest BCUT2D eigenvalue weighted by Gasteiger charge is 2.50. The van der Waals surface area contributed by atoms with Gasteiger partial charge >= 0.3 is 5.97 Å². The van der Waals surface area contributed by atoms with E-state index in [9.17, 15) is 19.8 Å². The Morgan fingerprint density at radius 1 is 1.42 bits per heavy atom. The zero-order chi connectivity index (χ0) is 14.2. The third kappa shape index (κ3) is 2.34. The van der Waals surface area contributed by atoms with Gasteiger partial charge in [0.05, 0.1) is 11.5 Å². The highest BCUT2D eigenvalue weighted by atomic mass is 16.4. The molecular formula is C13H22N2O4. The van der Waals surface area contributed by atoms with E-state index >= 15 is 0 Å². The van der Waals surface area contributed by atoms with E-state index in [4.69, 9.17) is 0 Å². The second-order valence-corrected chi connectivity index (χ2v) is 5.94. The molecule has 0 radical (unpaired) electrons. The Balaban J connectivity index is 2.24. The number of likely N-dealkylation sites (tertiary alicyclic amines) is 1. The van der Waals surface area contributed by atoms with E-state index in [1.807, 2.05) is 13.8 Å². The Kier molecular flexibility index (Phi) is 3.82. The minimum atomic E-state index is -1.03. The Labute approximate surface area is 112 Å². The van der Waals surface area contributed by atoms with Crippen molar-refractivity contribution in [1.82, 2.24) is 10.2 Å². The number of carboxylic acid groups (broad SMARTS) is 1. The molecule has 2 unspecified atom stereocenters. The first-order chi connectivity index (χ1) is 8.88. The van der Waals surface area contributed by atoms with Crippen LogP contribution in [0.2, 0.25) is 0 Å². The minimum absolute atomic E-state index is 0.128. The number of carbonyl (C=O) groups is 2. The lowest BCUT2D eigenvalue weighted by molar-refractivity contribution is -0.154. The number of hydrogen-bond acceptors (Lipinski definition) is 4. The summed E-state index contributed by atoms with van der Waals surface area (Å²) in [6.45, 7) is 5.48. The molecule has 3 atom stereocenters. The second-order valence-electron chi connectivity index (χ2n) is 5.94. The average Bonchev–Trinajstić information content (AvgIpc) is 2.94. The topological polar surface area (TPSA) is 89.9 Å². The summed E-state index contributed by atoms with van der Waals surface area (Å²) < 4.78 is 0. The van der Waals surface area contributed by atoms with Crippen LogP contribution in [0.5, 0.6) is 0 Å². The molecule has 2 fully saturated rings. The van der Waals surface area contributed by atoms with Crippen molar-refractivity contribution in [3.8, 4) is 0 Å². The van der Waals surface area contributed by atoms with Crippen LogP contribution in [0.3, 0.4) is 0 Å². The summed E-state index contributed by atoms with van der Waals surface area (Å²) in [4.78, 5) is 25.4. The van der Waals surface area contributed by atoms with Crippen molar-refractivity contribution < 1.29 is 19.8 Å². The van der Waals surface area contributed by atoms with Crippen LogP contribution in [0.25, 0.3) is 0 Å². The first kappa shape index (κ1) is 14.3. The number of rotatable bonds is 3. The quantitative estimate of drug-likeness (QED) is 0.653. The van der Waals surface area contributed by atoms with Crippen LogP contribution >= 0.6 is 0 Å². The Hall–Kier alpha value is -1.14. The monoisotopic (exact) mass is 270 g/mol. The van der Waals surface area contributed by atoms with Gasteiger partial charge in [-0.25, -0.2) is 4.79 Å². The maximum absolute atomic E-state index is 12.8. The molecule has 2 saturated heterocycles. The molecule has 0 spiro atoms. The van der Waals surface area contributed by atoms with Crippen LogP contribution in [-0.2, 0) is 9.59 Å². The number of aliphatic carboxylic acids is 1. The molecule has 0 saturated carbocycles. The normalized spacial score (nSPS) is 35.1. The molecule has 1 amide bonds. The number of aliphatic hydroxyl groups is 1. The summed E-state index contributed by atoms with van der Waals surface area (Å²) in [7, 11) is 0. The Morgan fingerprint density at radius 2 is 2.11 bits per heavy atom. The molecule has 0 aromatic carbocycles. The van der Waals surface area contributed by atoms with Gasteiger partial charge in [0, 0.05) is 19.5 Å². The van der Waals surface area contributed by atoms with Gasteiger partial charge in [0.25, 0.3) is 0 Å². The summed E-state index contributed by atoms with van der Waals surface area (Å²) in [5, 5.41) is 22.1. The fourth-order valence-corrected chi connectivity index (χ4v) is 3.19. The van der Waals surface area contributed by atoms with Crippen molar-refractivity contribution in [1.29, 1.82) is 0 Å². The average molecular weight is 270 g/mol. The Bertz CT molecular complexity index is 377. The molecule has 2 aliphatic rings. The van der Waals surface area contributed by atoms with Crippen molar-refractivity contribution >= 4 is 11.9 Å². The fraction of sp³-hybridized carbons (Fsp3) is 0.846. The molecule has 2 rings (SSSR count). The molecular weight excluding hydrogens is 248 g/mol. The highest BCUT2D eigenvalue weighted by Crippen LogP contribution is 2.38. The first-order valence-electron chi connectivity index (χ1n) is 6.81. The molecule has 0 bridgehead atoms. The van der Waals surface area contributed by atoms with Gasteiger partial charge in [0.1, 0.15) is 6.04 Å². The lowest BCUT2D eigenvalue weighted by Gasteiger charge is -2.36. The number of carbonyl (C=O) groups excluding carboxylic acids is 1. The summed E-state index contributed by atoms with van der Waals surface area (Å²) in [6.07, 6.45) is 0.120. The van der Waals surface area contributed by atoms with E-state index in [0.717, 1.165) is 13.0 Å². The molecule has 6 nitrogen and oxygen atoms in total.